The van der Waals surface area contributed by atoms with Crippen LogP contribution in [-0.2, 0) is 6.61 Å². The molecule has 0 unspecified atom stereocenters. The smallest absolute Gasteiger partial charge is 0.124 e. The van der Waals surface area contributed by atoms with Gasteiger partial charge in [-0.3, -0.25) is 0 Å². The second-order valence-electron chi connectivity index (χ2n) is 3.14. The number of hydrogen-bond donors (Lipinski definition) is 1. The lowest BCUT2D eigenvalue weighted by molar-refractivity contribution is 0.285. The van der Waals surface area contributed by atoms with E-state index in [9.17, 15) is 0 Å². The second-order valence-corrected chi connectivity index (χ2v) is 5.11. The standard InChI is InChI=1S/C11H10BrNO2S/c1-15-7-2-3-10(12)9(4-7)11-13-5-8(6-14)16-11/h2-5,14H,6H2,1H3. The fourth-order valence-corrected chi connectivity index (χ4v) is 2.67. The van der Waals surface area contributed by atoms with Crippen LogP contribution in [0.4, 0.5) is 0 Å². The second kappa shape index (κ2) is 4.95. The number of ether oxygens (including phenoxy) is 1. The number of halogens is 1. The molecule has 0 bridgehead atoms. The number of benzene rings is 1. The highest BCUT2D eigenvalue weighted by atomic mass is 79.9. The third-order valence-electron chi connectivity index (χ3n) is 2.11. The van der Waals surface area contributed by atoms with E-state index in [0.717, 1.165) is 25.7 Å². The number of methoxy groups -OCH3 is 1. The fraction of sp³-hybridized carbons (Fsp3) is 0.182. The van der Waals surface area contributed by atoms with Crippen molar-refractivity contribution in [1.29, 1.82) is 0 Å². The van der Waals surface area contributed by atoms with Crippen LogP contribution in [0.3, 0.4) is 0 Å². The molecule has 0 spiro atoms. The molecule has 84 valence electrons. The van der Waals surface area contributed by atoms with Crippen molar-refractivity contribution in [3.05, 3.63) is 33.7 Å². The molecule has 0 atom stereocenters. The van der Waals surface area contributed by atoms with Crippen LogP contribution < -0.4 is 4.74 Å². The molecule has 0 saturated heterocycles. The monoisotopic (exact) mass is 299 g/mol. The summed E-state index contributed by atoms with van der Waals surface area (Å²) in [5, 5.41) is 9.87. The minimum Gasteiger partial charge on any atom is -0.497 e. The van der Waals surface area contributed by atoms with E-state index in [1.165, 1.54) is 11.3 Å². The van der Waals surface area contributed by atoms with Gasteiger partial charge < -0.3 is 9.84 Å². The number of aliphatic hydroxyl groups is 1. The predicted octanol–water partition coefficient (Wildman–Crippen LogP) is 3.07. The summed E-state index contributed by atoms with van der Waals surface area (Å²) in [7, 11) is 1.63. The Kier molecular flexibility index (Phi) is 3.58. The molecule has 3 nitrogen and oxygen atoms in total. The minimum absolute atomic E-state index is 0.0270. The van der Waals surface area contributed by atoms with Crippen LogP contribution in [0.25, 0.3) is 10.6 Å². The van der Waals surface area contributed by atoms with E-state index >= 15 is 0 Å². The lowest BCUT2D eigenvalue weighted by Crippen LogP contribution is -1.84. The quantitative estimate of drug-likeness (QED) is 0.947. The largest absolute Gasteiger partial charge is 0.497 e. The van der Waals surface area contributed by atoms with Crippen molar-refractivity contribution in [2.45, 2.75) is 6.61 Å². The number of thiazole rings is 1. The SMILES string of the molecule is COc1ccc(Br)c(-c2ncc(CO)s2)c1. The van der Waals surface area contributed by atoms with Crippen molar-refractivity contribution < 1.29 is 9.84 Å². The summed E-state index contributed by atoms with van der Waals surface area (Å²) in [5.41, 5.74) is 0.976. The van der Waals surface area contributed by atoms with E-state index in [2.05, 4.69) is 20.9 Å². The average Bonchev–Trinajstić information content (AvgIpc) is 2.78. The highest BCUT2D eigenvalue weighted by Crippen LogP contribution is 2.34. The van der Waals surface area contributed by atoms with Gasteiger partial charge >= 0.3 is 0 Å². The van der Waals surface area contributed by atoms with Crippen LogP contribution in [0.15, 0.2) is 28.9 Å². The average molecular weight is 300 g/mol. The topological polar surface area (TPSA) is 42.4 Å². The maximum absolute atomic E-state index is 9.00. The van der Waals surface area contributed by atoms with Crippen molar-refractivity contribution in [3.63, 3.8) is 0 Å². The van der Waals surface area contributed by atoms with Gasteiger partial charge in [0.1, 0.15) is 10.8 Å². The molecule has 2 aromatic rings. The van der Waals surface area contributed by atoms with Crippen LogP contribution >= 0.6 is 27.3 Å². The van der Waals surface area contributed by atoms with E-state index in [4.69, 9.17) is 9.84 Å². The fourth-order valence-electron chi connectivity index (χ4n) is 1.30. The first-order valence-corrected chi connectivity index (χ1v) is 6.25. The summed E-state index contributed by atoms with van der Waals surface area (Å²) in [5.74, 6) is 0.791. The van der Waals surface area contributed by atoms with Crippen molar-refractivity contribution in [1.82, 2.24) is 4.98 Å². The zero-order chi connectivity index (χ0) is 11.5. The summed E-state index contributed by atoms with van der Waals surface area (Å²) in [6.07, 6.45) is 1.69. The third kappa shape index (κ3) is 2.26. The van der Waals surface area contributed by atoms with Gasteiger partial charge in [0, 0.05) is 16.2 Å². The van der Waals surface area contributed by atoms with Crippen LogP contribution in [0, 0.1) is 0 Å². The first-order valence-electron chi connectivity index (χ1n) is 4.64. The molecule has 5 heteroatoms. The summed E-state index contributed by atoms with van der Waals surface area (Å²) >= 11 is 4.95. The number of hydrogen-bond acceptors (Lipinski definition) is 4. The molecule has 0 fully saturated rings. The normalized spacial score (nSPS) is 10.4. The molecule has 0 aliphatic carbocycles. The van der Waals surface area contributed by atoms with Gasteiger partial charge in [0.25, 0.3) is 0 Å². The molecule has 1 heterocycles. The Bertz CT molecular complexity index is 498. The molecule has 16 heavy (non-hydrogen) atoms. The Morgan fingerprint density at radius 1 is 1.50 bits per heavy atom. The molecule has 0 aliphatic rings. The lowest BCUT2D eigenvalue weighted by atomic mass is 10.2. The summed E-state index contributed by atoms with van der Waals surface area (Å²) < 4.78 is 6.14. The Hall–Kier alpha value is -0.910. The summed E-state index contributed by atoms with van der Waals surface area (Å²) in [6, 6.07) is 5.73. The van der Waals surface area contributed by atoms with Gasteiger partial charge in [-0.1, -0.05) is 15.9 Å². The molecule has 0 amide bonds. The van der Waals surface area contributed by atoms with Crippen molar-refractivity contribution in [2.75, 3.05) is 7.11 Å². The number of nitrogens with zero attached hydrogens (tertiary/aromatic N) is 1. The molecule has 1 N–H and O–H groups in total. The van der Waals surface area contributed by atoms with E-state index in [0.29, 0.717) is 0 Å². The van der Waals surface area contributed by atoms with E-state index < -0.39 is 0 Å². The molecule has 1 aromatic heterocycles. The van der Waals surface area contributed by atoms with E-state index in [-0.39, 0.29) is 6.61 Å². The minimum atomic E-state index is 0.0270. The number of aliphatic hydroxyl groups excluding tert-OH is 1. The number of rotatable bonds is 3. The van der Waals surface area contributed by atoms with Gasteiger partial charge in [-0.05, 0) is 18.2 Å². The first kappa shape index (κ1) is 11.6. The molecule has 0 aliphatic heterocycles. The van der Waals surface area contributed by atoms with Crippen molar-refractivity contribution in [2.24, 2.45) is 0 Å². The summed E-state index contributed by atoms with van der Waals surface area (Å²) in [6.45, 7) is 0.0270. The maximum atomic E-state index is 9.00. The Morgan fingerprint density at radius 2 is 2.31 bits per heavy atom. The molecule has 1 aromatic carbocycles. The Morgan fingerprint density at radius 3 is 2.94 bits per heavy atom. The van der Waals surface area contributed by atoms with Gasteiger partial charge in [-0.15, -0.1) is 11.3 Å². The predicted molar refractivity (Wildman–Crippen MR) is 67.7 cm³/mol. The molecule has 0 saturated carbocycles. The lowest BCUT2D eigenvalue weighted by Gasteiger charge is -2.04. The third-order valence-corrected chi connectivity index (χ3v) is 3.82. The highest BCUT2D eigenvalue weighted by Gasteiger charge is 2.09. The maximum Gasteiger partial charge on any atom is 0.124 e. The van der Waals surface area contributed by atoms with E-state index in [1.807, 2.05) is 18.2 Å². The zero-order valence-corrected chi connectivity index (χ0v) is 11.0. The van der Waals surface area contributed by atoms with Gasteiger partial charge in [0.2, 0.25) is 0 Å². The van der Waals surface area contributed by atoms with Crippen LogP contribution in [0.1, 0.15) is 4.88 Å². The van der Waals surface area contributed by atoms with Gasteiger partial charge in [0.05, 0.1) is 18.6 Å². The van der Waals surface area contributed by atoms with Gasteiger partial charge in [-0.25, -0.2) is 4.98 Å². The summed E-state index contributed by atoms with van der Waals surface area (Å²) in [4.78, 5) is 5.12. The van der Waals surface area contributed by atoms with Gasteiger partial charge in [0.15, 0.2) is 0 Å². The first-order chi connectivity index (χ1) is 7.74. The van der Waals surface area contributed by atoms with Crippen LogP contribution in [0.5, 0.6) is 5.75 Å². The van der Waals surface area contributed by atoms with Crippen molar-refractivity contribution >= 4 is 27.3 Å². The van der Waals surface area contributed by atoms with Crippen LogP contribution in [0.2, 0.25) is 0 Å². The van der Waals surface area contributed by atoms with Crippen molar-refractivity contribution in [3.8, 4) is 16.3 Å². The highest BCUT2D eigenvalue weighted by molar-refractivity contribution is 9.10. The number of aromatic nitrogens is 1. The van der Waals surface area contributed by atoms with E-state index in [1.54, 1.807) is 13.3 Å². The zero-order valence-electron chi connectivity index (χ0n) is 8.61. The molecular weight excluding hydrogens is 290 g/mol. The van der Waals surface area contributed by atoms with Crippen LogP contribution in [-0.4, -0.2) is 17.2 Å². The Labute approximate surface area is 106 Å². The Balaban J connectivity index is 2.45. The molecule has 2 rings (SSSR count). The molecular formula is C11H10BrNO2S. The van der Waals surface area contributed by atoms with Gasteiger partial charge in [-0.2, -0.15) is 0 Å². The molecule has 0 radical (unpaired) electrons.